The van der Waals surface area contributed by atoms with Crippen molar-refractivity contribution >= 4 is 30.6 Å². The average molecular weight is 286 g/mol. The molecule has 1 heterocycles. The van der Waals surface area contributed by atoms with E-state index in [2.05, 4.69) is 16.2 Å². The van der Waals surface area contributed by atoms with Crippen LogP contribution in [0, 0.1) is 0 Å². The molecule has 0 N–H and O–H groups in total. The van der Waals surface area contributed by atoms with Gasteiger partial charge in [-0.05, 0) is 0 Å². The topological polar surface area (TPSA) is 17.1 Å². The third-order valence-electron chi connectivity index (χ3n) is 1.88. The normalized spacial score (nSPS) is 17.1. The molecule has 2 heteroatoms. The first kappa shape index (κ1) is 8.87. The van der Waals surface area contributed by atoms with Crippen molar-refractivity contribution in [2.45, 2.75) is 6.42 Å². The molecule has 0 saturated carbocycles. The second-order valence-corrected chi connectivity index (χ2v) is 8.14. The van der Waals surface area contributed by atoms with E-state index in [0.717, 1.165) is 0 Å². The summed E-state index contributed by atoms with van der Waals surface area (Å²) in [6.45, 7) is 0. The number of hydrogen-bond donors (Lipinski definition) is 0. The van der Waals surface area contributed by atoms with Gasteiger partial charge in [0.2, 0.25) is 0 Å². The number of benzene rings is 1. The Morgan fingerprint density at radius 3 is 2.62 bits per heavy atom. The maximum absolute atomic E-state index is 11.6. The third kappa shape index (κ3) is 1.96. The Morgan fingerprint density at radius 1 is 1.15 bits per heavy atom. The van der Waals surface area contributed by atoms with E-state index in [1.807, 2.05) is 30.4 Å². The van der Waals surface area contributed by atoms with E-state index in [1.165, 1.54) is 3.61 Å². The van der Waals surface area contributed by atoms with Crippen LogP contribution in [0.25, 0.3) is 0 Å². The maximum atomic E-state index is 11.6. The summed E-state index contributed by atoms with van der Waals surface area (Å²) in [6, 6.07) is 10.2. The fourth-order valence-electron chi connectivity index (χ4n) is 1.24. The van der Waals surface area contributed by atoms with Crippen molar-refractivity contribution in [2.75, 3.05) is 0 Å². The van der Waals surface area contributed by atoms with E-state index < -0.39 is 19.1 Å². The molecule has 1 aromatic carbocycles. The first-order valence-electron chi connectivity index (χ1n) is 4.19. The van der Waals surface area contributed by atoms with Crippen LogP contribution >= 0.6 is 0 Å². The van der Waals surface area contributed by atoms with Crippen LogP contribution in [0.4, 0.5) is 0 Å². The van der Waals surface area contributed by atoms with Gasteiger partial charge in [0.1, 0.15) is 0 Å². The van der Waals surface area contributed by atoms with Crippen molar-refractivity contribution in [1.82, 2.24) is 0 Å². The molecule has 2 rings (SSSR count). The van der Waals surface area contributed by atoms with Gasteiger partial charge in [-0.15, -0.1) is 0 Å². The van der Waals surface area contributed by atoms with Crippen LogP contribution in [-0.2, 0) is 4.79 Å². The van der Waals surface area contributed by atoms with Crippen LogP contribution < -0.4 is 3.61 Å². The molecule has 13 heavy (non-hydrogen) atoms. The number of allylic oxidation sites excluding steroid dienone is 2. The number of carbonyl (C=O) groups excluding carboxylic acids is 1. The minimum absolute atomic E-state index is 0.456. The predicted octanol–water partition coefficient (Wildman–Crippen LogP) is 0.840. The van der Waals surface area contributed by atoms with Gasteiger partial charge in [-0.2, -0.15) is 0 Å². The van der Waals surface area contributed by atoms with Crippen molar-refractivity contribution in [1.29, 1.82) is 0 Å². The third-order valence-corrected chi connectivity index (χ3v) is 7.21. The molecule has 0 unspecified atom stereocenters. The Kier molecular flexibility index (Phi) is 2.73. The molecule has 1 aliphatic heterocycles. The second-order valence-electron chi connectivity index (χ2n) is 2.79. The molecule has 0 aliphatic carbocycles. The molecule has 66 valence electrons. The quantitative estimate of drug-likeness (QED) is 0.699. The van der Waals surface area contributed by atoms with Gasteiger partial charge in [0.25, 0.3) is 0 Å². The zero-order valence-corrected chi connectivity index (χ0v) is 9.47. The van der Waals surface area contributed by atoms with Gasteiger partial charge in [-0.3, -0.25) is 0 Å². The van der Waals surface area contributed by atoms with Gasteiger partial charge in [-0.1, -0.05) is 0 Å². The monoisotopic (exact) mass is 288 g/mol. The van der Waals surface area contributed by atoms with Gasteiger partial charge in [-0.25, -0.2) is 0 Å². The molecular formula is C11H10OTe. The van der Waals surface area contributed by atoms with Crippen LogP contribution in [0.3, 0.4) is 0 Å². The van der Waals surface area contributed by atoms with Gasteiger partial charge in [0.05, 0.1) is 0 Å². The Bertz CT molecular complexity index is 376. The molecule has 0 atom stereocenters. The van der Waals surface area contributed by atoms with Crippen molar-refractivity contribution in [2.24, 2.45) is 0 Å². The molecule has 0 radical (unpaired) electrons. The summed E-state index contributed by atoms with van der Waals surface area (Å²) in [4.78, 5) is 11.6. The van der Waals surface area contributed by atoms with Crippen LogP contribution in [0.2, 0.25) is 0 Å². The number of rotatable bonds is 1. The Balaban J connectivity index is 2.41. The van der Waals surface area contributed by atoms with E-state index in [9.17, 15) is 4.79 Å². The van der Waals surface area contributed by atoms with E-state index in [4.69, 9.17) is 0 Å². The van der Waals surface area contributed by atoms with Gasteiger partial charge < -0.3 is 0 Å². The standard InChI is InChI=1S/C11H10OTe/c12-11-8-4-5-9-13(11)10-6-2-1-3-7-10/h1-7,9H,8H2. The molecule has 0 spiro atoms. The molecular weight excluding hydrogens is 276 g/mol. The zero-order chi connectivity index (χ0) is 9.10. The molecule has 1 nitrogen and oxygen atoms in total. The summed E-state index contributed by atoms with van der Waals surface area (Å²) < 4.78 is 3.85. The van der Waals surface area contributed by atoms with E-state index in [0.29, 0.717) is 10.3 Å². The number of carbonyl (C=O) groups is 1. The first-order valence-corrected chi connectivity index (χ1v) is 7.86. The first-order chi connectivity index (χ1) is 6.38. The fraction of sp³-hybridized carbons (Fsp3) is 0.0909. The summed E-state index contributed by atoms with van der Waals surface area (Å²) in [5.74, 6) is 0. The molecule has 0 fully saturated rings. The fourth-order valence-corrected chi connectivity index (χ4v) is 5.71. The Morgan fingerprint density at radius 2 is 1.92 bits per heavy atom. The minimum atomic E-state index is -1.74. The summed E-state index contributed by atoms with van der Waals surface area (Å²) in [5.41, 5.74) is 0. The molecule has 1 aliphatic rings. The van der Waals surface area contributed by atoms with Gasteiger partial charge in [0, 0.05) is 0 Å². The van der Waals surface area contributed by atoms with Crippen molar-refractivity contribution in [3.8, 4) is 0 Å². The number of hydrogen-bond acceptors (Lipinski definition) is 1. The van der Waals surface area contributed by atoms with Crippen molar-refractivity contribution < 1.29 is 4.79 Å². The van der Waals surface area contributed by atoms with Gasteiger partial charge >= 0.3 is 84.3 Å². The van der Waals surface area contributed by atoms with Crippen molar-refractivity contribution in [3.05, 3.63) is 42.5 Å². The summed E-state index contributed by atoms with van der Waals surface area (Å²) in [7, 11) is 0. The average Bonchev–Trinajstić information content (AvgIpc) is 2.20. The Hall–Kier alpha value is -0.710. The molecule has 1 aromatic rings. The molecule has 0 aromatic heterocycles. The summed E-state index contributed by atoms with van der Waals surface area (Å²) in [5, 5.41) is 0. The van der Waals surface area contributed by atoms with E-state index >= 15 is 0 Å². The van der Waals surface area contributed by atoms with Crippen molar-refractivity contribution in [3.63, 3.8) is 0 Å². The van der Waals surface area contributed by atoms with Crippen LogP contribution in [0.1, 0.15) is 6.42 Å². The second kappa shape index (κ2) is 4.00. The van der Waals surface area contributed by atoms with E-state index in [-0.39, 0.29) is 0 Å². The van der Waals surface area contributed by atoms with Crippen LogP contribution in [0.5, 0.6) is 0 Å². The zero-order valence-electron chi connectivity index (χ0n) is 7.14. The summed E-state index contributed by atoms with van der Waals surface area (Å²) >= 11 is -1.74. The molecule has 0 bridgehead atoms. The predicted molar refractivity (Wildman–Crippen MR) is 56.7 cm³/mol. The SMILES string of the molecule is O=C1CC=CC=[Te]1c1ccccc1. The Labute approximate surface area is 84.2 Å². The molecule has 0 saturated heterocycles. The van der Waals surface area contributed by atoms with Crippen LogP contribution in [-0.4, -0.2) is 27.0 Å². The summed E-state index contributed by atoms with van der Waals surface area (Å²) in [6.07, 6.45) is 4.63. The molecule has 0 amide bonds. The van der Waals surface area contributed by atoms with Crippen LogP contribution in [0.15, 0.2) is 42.5 Å². The van der Waals surface area contributed by atoms with E-state index in [1.54, 1.807) is 0 Å². The van der Waals surface area contributed by atoms with Gasteiger partial charge in [0.15, 0.2) is 0 Å².